The molecule has 2 N–H and O–H groups in total. The predicted octanol–water partition coefficient (Wildman–Crippen LogP) is 3.31. The number of benzene rings is 2. The van der Waals surface area contributed by atoms with Crippen LogP contribution in [0.3, 0.4) is 0 Å². The van der Waals surface area contributed by atoms with Gasteiger partial charge in [-0.2, -0.15) is 0 Å². The molecule has 1 heterocycles. The number of phenolic OH excluding ortho intramolecular Hbond substituents is 2. The lowest BCUT2D eigenvalue weighted by Crippen LogP contribution is -2.36. The first-order valence-corrected chi connectivity index (χ1v) is 8.08. The van der Waals surface area contributed by atoms with Gasteiger partial charge in [0, 0.05) is 18.2 Å². The van der Waals surface area contributed by atoms with Crippen LogP contribution in [-0.2, 0) is 12.8 Å². The van der Waals surface area contributed by atoms with Gasteiger partial charge in [-0.15, -0.1) is 0 Å². The number of methoxy groups -OCH3 is 1. The van der Waals surface area contributed by atoms with Gasteiger partial charge in [-0.1, -0.05) is 0 Å². The smallest absolute Gasteiger partial charge is 0.195 e. The van der Waals surface area contributed by atoms with E-state index >= 15 is 0 Å². The third-order valence-electron chi connectivity index (χ3n) is 5.40. The fourth-order valence-electron chi connectivity index (χ4n) is 4.10. The number of hydrogen-bond acceptors (Lipinski definition) is 4. The second-order valence-electron chi connectivity index (χ2n) is 6.71. The lowest BCUT2D eigenvalue weighted by atomic mass is 9.76. The average molecular weight is 329 g/mol. The van der Waals surface area contributed by atoms with Crippen LogP contribution in [0.2, 0.25) is 0 Å². The number of phenols is 2. The molecule has 1 aliphatic heterocycles. The molecule has 126 valence electrons. The summed E-state index contributed by atoms with van der Waals surface area (Å²) in [4.78, 5) is 2.20. The van der Waals surface area contributed by atoms with Crippen LogP contribution < -0.4 is 4.74 Å². The van der Waals surface area contributed by atoms with Crippen LogP contribution in [0.15, 0.2) is 12.1 Å². The molecule has 1 unspecified atom stereocenters. The monoisotopic (exact) mass is 329 g/mol. The molecule has 1 aliphatic carbocycles. The Morgan fingerprint density at radius 1 is 1.29 bits per heavy atom. The van der Waals surface area contributed by atoms with Crippen molar-refractivity contribution < 1.29 is 19.3 Å². The minimum Gasteiger partial charge on any atom is -0.508 e. The average Bonchev–Trinajstić information content (AvgIpc) is 2.56. The van der Waals surface area contributed by atoms with Gasteiger partial charge >= 0.3 is 0 Å². The number of rotatable bonds is 1. The van der Waals surface area contributed by atoms with E-state index in [9.17, 15) is 14.6 Å². The largest absolute Gasteiger partial charge is 0.508 e. The van der Waals surface area contributed by atoms with E-state index in [1.807, 2.05) is 20.0 Å². The molecule has 4 nitrogen and oxygen atoms in total. The van der Waals surface area contributed by atoms with Gasteiger partial charge in [-0.05, 0) is 66.8 Å². The Bertz CT molecular complexity index is 863. The fourth-order valence-corrected chi connectivity index (χ4v) is 4.10. The predicted molar refractivity (Wildman–Crippen MR) is 89.2 cm³/mol. The lowest BCUT2D eigenvalue weighted by molar-refractivity contribution is 0.223. The van der Waals surface area contributed by atoms with E-state index in [4.69, 9.17) is 4.74 Å². The first-order valence-electron chi connectivity index (χ1n) is 8.08. The molecule has 24 heavy (non-hydrogen) atoms. The summed E-state index contributed by atoms with van der Waals surface area (Å²) in [7, 11) is 3.47. The standard InChI is InChI=1S/C19H20FNO3/c1-9-6-12-10(8-14(9)22)7-13-15-11(4-5-21(13)2)17(20)18(23)19(24-3)16(12)15/h6,8,13,22-23H,4-5,7H2,1-3H3. The van der Waals surface area contributed by atoms with Crippen molar-refractivity contribution >= 4 is 0 Å². The molecular weight excluding hydrogens is 309 g/mol. The number of likely N-dealkylation sites (N-methyl/N-ethyl adjacent to an activating group) is 1. The third kappa shape index (κ3) is 1.88. The Balaban J connectivity index is 2.13. The number of hydrogen-bond donors (Lipinski definition) is 2. The van der Waals surface area contributed by atoms with Crippen molar-refractivity contribution in [1.29, 1.82) is 0 Å². The summed E-state index contributed by atoms with van der Waals surface area (Å²) in [6.07, 6.45) is 1.26. The van der Waals surface area contributed by atoms with Crippen molar-refractivity contribution in [3.05, 3.63) is 40.2 Å². The molecule has 0 spiro atoms. The molecule has 0 radical (unpaired) electrons. The van der Waals surface area contributed by atoms with E-state index in [1.165, 1.54) is 7.11 Å². The molecule has 0 saturated heterocycles. The van der Waals surface area contributed by atoms with E-state index < -0.39 is 11.6 Å². The second kappa shape index (κ2) is 5.11. The highest BCUT2D eigenvalue weighted by molar-refractivity contribution is 5.84. The summed E-state index contributed by atoms with van der Waals surface area (Å²) in [6, 6.07) is 3.68. The van der Waals surface area contributed by atoms with E-state index in [0.29, 0.717) is 18.4 Å². The summed E-state index contributed by atoms with van der Waals surface area (Å²) < 4.78 is 20.1. The van der Waals surface area contributed by atoms with Gasteiger partial charge in [0.25, 0.3) is 0 Å². The summed E-state index contributed by atoms with van der Waals surface area (Å²) in [5.41, 5.74) is 4.89. The first kappa shape index (κ1) is 15.3. The van der Waals surface area contributed by atoms with Crippen LogP contribution in [0.4, 0.5) is 4.39 Å². The van der Waals surface area contributed by atoms with Gasteiger partial charge in [0.05, 0.1) is 7.11 Å². The van der Waals surface area contributed by atoms with E-state index in [-0.39, 0.29) is 17.5 Å². The van der Waals surface area contributed by atoms with Gasteiger partial charge in [0.2, 0.25) is 0 Å². The van der Waals surface area contributed by atoms with Gasteiger partial charge in [0.1, 0.15) is 5.75 Å². The third-order valence-corrected chi connectivity index (χ3v) is 5.40. The number of ether oxygens (including phenoxy) is 1. The Hall–Kier alpha value is -2.27. The van der Waals surface area contributed by atoms with Crippen LogP contribution in [0, 0.1) is 12.7 Å². The quantitative estimate of drug-likeness (QED) is 0.843. The molecular formula is C19H20FNO3. The Labute approximate surface area is 140 Å². The molecule has 1 atom stereocenters. The van der Waals surface area contributed by atoms with Crippen molar-refractivity contribution in [1.82, 2.24) is 4.90 Å². The maximum absolute atomic E-state index is 14.7. The van der Waals surface area contributed by atoms with Crippen LogP contribution in [0.5, 0.6) is 17.2 Å². The highest BCUT2D eigenvalue weighted by Gasteiger charge is 2.38. The van der Waals surface area contributed by atoms with Gasteiger partial charge in [-0.3, -0.25) is 4.90 Å². The molecule has 4 rings (SSSR count). The summed E-state index contributed by atoms with van der Waals surface area (Å²) in [5.74, 6) is -0.561. The zero-order chi connectivity index (χ0) is 17.2. The first-order chi connectivity index (χ1) is 11.4. The molecule has 2 aromatic carbocycles. The summed E-state index contributed by atoms with van der Waals surface area (Å²) in [6.45, 7) is 2.56. The minimum absolute atomic E-state index is 0.0161. The highest BCUT2D eigenvalue weighted by atomic mass is 19.1. The molecule has 2 aliphatic rings. The summed E-state index contributed by atoms with van der Waals surface area (Å²) >= 11 is 0. The Kier molecular flexibility index (Phi) is 3.25. The SMILES string of the molecule is COc1c(O)c(F)c2c3c1-c1cc(C)c(O)cc1CC3N(C)CC2. The van der Waals surface area contributed by atoms with Crippen molar-refractivity contribution in [3.8, 4) is 28.4 Å². The Morgan fingerprint density at radius 2 is 2.04 bits per heavy atom. The number of fused-ring (bicyclic) bond motifs is 2. The zero-order valence-corrected chi connectivity index (χ0v) is 14.0. The van der Waals surface area contributed by atoms with E-state index in [2.05, 4.69) is 4.90 Å². The lowest BCUT2D eigenvalue weighted by Gasteiger charge is -2.40. The number of aryl methyl sites for hydroxylation is 1. The molecule has 0 amide bonds. The minimum atomic E-state index is -0.567. The van der Waals surface area contributed by atoms with Crippen LogP contribution >= 0.6 is 0 Å². The maximum Gasteiger partial charge on any atom is 0.195 e. The fraction of sp³-hybridized carbons (Fsp3) is 0.368. The molecule has 5 heteroatoms. The van der Waals surface area contributed by atoms with Gasteiger partial charge < -0.3 is 14.9 Å². The normalized spacial score (nSPS) is 18.9. The molecule has 0 fully saturated rings. The van der Waals surface area contributed by atoms with Crippen LogP contribution in [0.1, 0.15) is 28.3 Å². The van der Waals surface area contributed by atoms with Gasteiger partial charge in [-0.25, -0.2) is 4.39 Å². The maximum atomic E-state index is 14.7. The molecule has 0 aromatic heterocycles. The van der Waals surface area contributed by atoms with Crippen LogP contribution in [-0.4, -0.2) is 35.8 Å². The number of aromatic hydroxyl groups is 2. The zero-order valence-electron chi connectivity index (χ0n) is 14.0. The molecule has 0 bridgehead atoms. The van der Waals surface area contributed by atoms with Gasteiger partial charge in [0.15, 0.2) is 17.3 Å². The Morgan fingerprint density at radius 3 is 2.75 bits per heavy atom. The second-order valence-corrected chi connectivity index (χ2v) is 6.71. The van der Waals surface area contributed by atoms with E-state index in [0.717, 1.165) is 34.4 Å². The van der Waals surface area contributed by atoms with Crippen molar-refractivity contribution in [2.24, 2.45) is 0 Å². The van der Waals surface area contributed by atoms with Crippen molar-refractivity contribution in [3.63, 3.8) is 0 Å². The molecule has 0 saturated carbocycles. The van der Waals surface area contributed by atoms with E-state index in [1.54, 1.807) is 6.07 Å². The topological polar surface area (TPSA) is 52.9 Å². The van der Waals surface area contributed by atoms with Crippen molar-refractivity contribution in [2.45, 2.75) is 25.8 Å². The highest BCUT2D eigenvalue weighted by Crippen LogP contribution is 2.53. The number of nitrogens with zero attached hydrogens (tertiary/aromatic N) is 1. The summed E-state index contributed by atoms with van der Waals surface area (Å²) in [5, 5.41) is 20.4. The van der Waals surface area contributed by atoms with Crippen molar-refractivity contribution in [2.75, 3.05) is 20.7 Å². The number of halogens is 1. The molecule has 2 aromatic rings. The van der Waals surface area contributed by atoms with Crippen LogP contribution in [0.25, 0.3) is 11.1 Å².